The number of thiazole rings is 1. The van der Waals surface area contributed by atoms with Gasteiger partial charge in [-0.25, -0.2) is 14.8 Å². The van der Waals surface area contributed by atoms with Crippen LogP contribution in [0.1, 0.15) is 11.1 Å². The van der Waals surface area contributed by atoms with E-state index in [0.717, 1.165) is 18.7 Å². The summed E-state index contributed by atoms with van der Waals surface area (Å²) >= 11 is 1.28. The number of ether oxygens (including phenoxy) is 2. The van der Waals surface area contributed by atoms with Crippen LogP contribution in [0.4, 0.5) is 9.93 Å². The lowest BCUT2D eigenvalue weighted by Crippen LogP contribution is -2.49. The molecule has 0 unspecified atom stereocenters. The zero-order valence-electron chi connectivity index (χ0n) is 17.2. The second kappa shape index (κ2) is 9.11. The monoisotopic (exact) mass is 439 g/mol. The van der Waals surface area contributed by atoms with Crippen LogP contribution in [0.15, 0.2) is 24.5 Å². The molecule has 2 aromatic heterocycles. The Hall–Kier alpha value is -3.49. The summed E-state index contributed by atoms with van der Waals surface area (Å²) in [5.41, 5.74) is 2.10. The van der Waals surface area contributed by atoms with Crippen LogP contribution >= 0.6 is 11.3 Å². The van der Waals surface area contributed by atoms with Crippen molar-refractivity contribution in [3.63, 3.8) is 0 Å². The molecule has 1 N–H and O–H groups in total. The van der Waals surface area contributed by atoms with E-state index < -0.39 is 0 Å². The number of fused-ring (bicyclic) bond motifs is 1. The van der Waals surface area contributed by atoms with Gasteiger partial charge >= 0.3 is 6.03 Å². The largest absolute Gasteiger partial charge is 0.495 e. The molecule has 3 aromatic rings. The molecule has 0 saturated carbocycles. The van der Waals surface area contributed by atoms with Crippen molar-refractivity contribution in [2.45, 2.75) is 6.54 Å². The number of nitriles is 1. The number of hydrogen-bond acceptors (Lipinski definition) is 9. The van der Waals surface area contributed by atoms with Crippen LogP contribution in [0.25, 0.3) is 10.3 Å². The summed E-state index contributed by atoms with van der Waals surface area (Å²) in [5.74, 6) is 0.958. The van der Waals surface area contributed by atoms with Gasteiger partial charge in [0, 0.05) is 32.7 Å². The Labute approximate surface area is 183 Å². The topological polar surface area (TPSA) is 116 Å². The summed E-state index contributed by atoms with van der Waals surface area (Å²) in [6.07, 6.45) is 1.41. The number of anilines is 1. The number of piperazine rings is 1. The van der Waals surface area contributed by atoms with Gasteiger partial charge in [-0.3, -0.25) is 10.2 Å². The van der Waals surface area contributed by atoms with Crippen molar-refractivity contribution in [3.8, 4) is 17.7 Å². The number of carbonyl (C=O) groups excluding carboxylic acids is 1. The molecule has 160 valence electrons. The average Bonchev–Trinajstić information content (AvgIpc) is 3.21. The molecule has 1 saturated heterocycles. The van der Waals surface area contributed by atoms with E-state index in [0.29, 0.717) is 52.3 Å². The van der Waals surface area contributed by atoms with E-state index in [9.17, 15) is 10.1 Å². The van der Waals surface area contributed by atoms with Gasteiger partial charge in [0.15, 0.2) is 15.5 Å². The molecule has 11 heteroatoms. The second-order valence-electron chi connectivity index (χ2n) is 6.90. The van der Waals surface area contributed by atoms with Crippen LogP contribution in [0.5, 0.6) is 11.6 Å². The minimum absolute atomic E-state index is 0.193. The van der Waals surface area contributed by atoms with Crippen molar-refractivity contribution in [2.75, 3.05) is 45.7 Å². The van der Waals surface area contributed by atoms with Crippen LogP contribution in [0, 0.1) is 11.3 Å². The maximum Gasteiger partial charge on any atom is 0.323 e. The highest BCUT2D eigenvalue weighted by Gasteiger charge is 2.23. The fourth-order valence-electron chi connectivity index (χ4n) is 3.42. The fraction of sp³-hybridized carbons (Fsp3) is 0.350. The highest BCUT2D eigenvalue weighted by Crippen LogP contribution is 2.29. The van der Waals surface area contributed by atoms with E-state index in [1.807, 2.05) is 18.2 Å². The summed E-state index contributed by atoms with van der Waals surface area (Å²) in [5, 5.41) is 12.6. The average molecular weight is 440 g/mol. The van der Waals surface area contributed by atoms with Crippen molar-refractivity contribution in [3.05, 3.63) is 35.7 Å². The Balaban J connectivity index is 1.33. The Morgan fingerprint density at radius 1 is 1.23 bits per heavy atom. The van der Waals surface area contributed by atoms with Gasteiger partial charge in [0.05, 0.1) is 19.8 Å². The molecule has 10 nitrogen and oxygen atoms in total. The van der Waals surface area contributed by atoms with E-state index in [-0.39, 0.29) is 6.03 Å². The molecule has 1 aliphatic heterocycles. The van der Waals surface area contributed by atoms with Crippen molar-refractivity contribution in [1.29, 1.82) is 5.26 Å². The van der Waals surface area contributed by atoms with Crippen LogP contribution in [0.2, 0.25) is 0 Å². The van der Waals surface area contributed by atoms with Crippen LogP contribution in [0.3, 0.4) is 0 Å². The molecule has 1 fully saturated rings. The zero-order chi connectivity index (χ0) is 21.8. The molecule has 0 atom stereocenters. The number of aromatic nitrogens is 3. The van der Waals surface area contributed by atoms with Crippen molar-refractivity contribution in [1.82, 2.24) is 24.8 Å². The molecule has 4 rings (SSSR count). The summed E-state index contributed by atoms with van der Waals surface area (Å²) in [6, 6.07) is 7.59. The Morgan fingerprint density at radius 2 is 2.03 bits per heavy atom. The number of amides is 2. The fourth-order valence-corrected chi connectivity index (χ4v) is 4.20. The van der Waals surface area contributed by atoms with Crippen LogP contribution in [-0.2, 0) is 6.54 Å². The molecule has 0 spiro atoms. The van der Waals surface area contributed by atoms with Crippen molar-refractivity contribution >= 4 is 32.8 Å². The lowest BCUT2D eigenvalue weighted by molar-refractivity contribution is 0.143. The number of urea groups is 1. The first-order valence-electron chi connectivity index (χ1n) is 9.62. The van der Waals surface area contributed by atoms with Gasteiger partial charge in [0.25, 0.3) is 0 Å². The first-order valence-corrected chi connectivity index (χ1v) is 10.4. The quantitative estimate of drug-likeness (QED) is 0.644. The highest BCUT2D eigenvalue weighted by molar-refractivity contribution is 7.22. The summed E-state index contributed by atoms with van der Waals surface area (Å²) in [7, 11) is 3.07. The van der Waals surface area contributed by atoms with Gasteiger partial charge < -0.3 is 14.4 Å². The summed E-state index contributed by atoms with van der Waals surface area (Å²) in [6.45, 7) is 3.38. The van der Waals surface area contributed by atoms with Gasteiger partial charge in [0.2, 0.25) is 5.88 Å². The number of nitrogens with zero attached hydrogens (tertiary/aromatic N) is 6. The minimum atomic E-state index is -0.193. The normalized spacial score (nSPS) is 14.3. The number of hydrogen-bond donors (Lipinski definition) is 1. The number of nitrogens with one attached hydrogen (secondary N) is 1. The first-order chi connectivity index (χ1) is 15.1. The SMILES string of the molecule is COc1ccc(CN2CCN(C(=O)Nc3nc4c(OC)ncnc4s3)CC2)cc1C#N. The van der Waals surface area contributed by atoms with Crippen LogP contribution in [-0.4, -0.2) is 71.2 Å². The first kappa shape index (κ1) is 20.8. The van der Waals surface area contributed by atoms with Gasteiger partial charge in [0.1, 0.15) is 18.1 Å². The Morgan fingerprint density at radius 3 is 2.74 bits per heavy atom. The molecule has 0 bridgehead atoms. The number of benzene rings is 1. The van der Waals surface area contributed by atoms with E-state index in [4.69, 9.17) is 9.47 Å². The van der Waals surface area contributed by atoms with Gasteiger partial charge in [-0.2, -0.15) is 10.2 Å². The smallest absolute Gasteiger partial charge is 0.323 e. The zero-order valence-corrected chi connectivity index (χ0v) is 18.0. The highest BCUT2D eigenvalue weighted by atomic mass is 32.1. The van der Waals surface area contributed by atoms with E-state index in [1.54, 1.807) is 12.0 Å². The van der Waals surface area contributed by atoms with Gasteiger partial charge in [-0.15, -0.1) is 0 Å². The molecule has 0 radical (unpaired) electrons. The minimum Gasteiger partial charge on any atom is -0.495 e. The van der Waals surface area contributed by atoms with E-state index in [1.165, 1.54) is 24.8 Å². The molecule has 1 aliphatic rings. The molecule has 2 amide bonds. The van der Waals surface area contributed by atoms with Crippen molar-refractivity contribution < 1.29 is 14.3 Å². The predicted octanol–water partition coefficient (Wildman–Crippen LogP) is 2.32. The Kier molecular flexibility index (Phi) is 6.11. The number of methoxy groups -OCH3 is 2. The van der Waals surface area contributed by atoms with Gasteiger partial charge in [-0.05, 0) is 17.7 Å². The van der Waals surface area contributed by atoms with E-state index in [2.05, 4.69) is 31.2 Å². The molecule has 31 heavy (non-hydrogen) atoms. The lowest BCUT2D eigenvalue weighted by Gasteiger charge is -2.34. The van der Waals surface area contributed by atoms with Crippen LogP contribution < -0.4 is 14.8 Å². The van der Waals surface area contributed by atoms with Gasteiger partial charge in [-0.1, -0.05) is 17.4 Å². The van der Waals surface area contributed by atoms with Crippen molar-refractivity contribution in [2.24, 2.45) is 0 Å². The summed E-state index contributed by atoms with van der Waals surface area (Å²) in [4.78, 5) is 29.9. The lowest BCUT2D eigenvalue weighted by atomic mass is 10.1. The molecular weight excluding hydrogens is 418 g/mol. The second-order valence-corrected chi connectivity index (χ2v) is 7.87. The third kappa shape index (κ3) is 4.50. The maximum atomic E-state index is 12.7. The molecule has 1 aromatic carbocycles. The Bertz CT molecular complexity index is 1140. The molecule has 0 aliphatic carbocycles. The number of rotatable bonds is 5. The summed E-state index contributed by atoms with van der Waals surface area (Å²) < 4.78 is 10.4. The molecule has 3 heterocycles. The van der Waals surface area contributed by atoms with E-state index >= 15 is 0 Å². The third-order valence-electron chi connectivity index (χ3n) is 5.02. The third-order valence-corrected chi connectivity index (χ3v) is 5.90. The molecular formula is C20H21N7O3S. The maximum absolute atomic E-state index is 12.7. The number of carbonyl (C=O) groups is 1. The predicted molar refractivity (Wildman–Crippen MR) is 115 cm³/mol. The standard InChI is InChI=1S/C20H21N7O3S/c1-29-15-4-3-13(9-14(15)10-21)11-26-5-7-27(8-6-26)20(28)25-19-24-16-17(30-2)22-12-23-18(16)31-19/h3-4,9,12H,5-8,11H2,1-2H3,(H,24,25,28).